The standard InChI is InChI=1S/C12H19N3O4/c1-4-5-7(2)14-9(16)6-18-12(17)10-8(3)15-19-11(10)13/h7H,4-6,13H2,1-3H3,(H,14,16). The summed E-state index contributed by atoms with van der Waals surface area (Å²) in [7, 11) is 0. The molecule has 1 aromatic rings. The Hall–Kier alpha value is -2.05. The average molecular weight is 269 g/mol. The molecule has 19 heavy (non-hydrogen) atoms. The molecule has 0 aliphatic carbocycles. The summed E-state index contributed by atoms with van der Waals surface area (Å²) in [5.41, 5.74) is 5.84. The first-order chi connectivity index (χ1) is 8.95. The summed E-state index contributed by atoms with van der Waals surface area (Å²) in [4.78, 5) is 23.2. The normalized spacial score (nSPS) is 11.9. The van der Waals surface area contributed by atoms with Crippen molar-refractivity contribution in [3.05, 3.63) is 11.3 Å². The maximum atomic E-state index is 11.7. The Morgan fingerprint density at radius 3 is 2.74 bits per heavy atom. The molecule has 0 aromatic carbocycles. The van der Waals surface area contributed by atoms with Crippen LogP contribution in [0.5, 0.6) is 0 Å². The van der Waals surface area contributed by atoms with Gasteiger partial charge in [-0.2, -0.15) is 0 Å². The molecule has 0 saturated heterocycles. The lowest BCUT2D eigenvalue weighted by atomic mass is 10.2. The first kappa shape index (κ1) is 15.0. The SMILES string of the molecule is CCCC(C)NC(=O)COC(=O)c1c(C)noc1N. The highest BCUT2D eigenvalue weighted by atomic mass is 16.5. The molecule has 0 spiro atoms. The Bertz CT molecular complexity index is 436. The van der Waals surface area contributed by atoms with Gasteiger partial charge in [0.2, 0.25) is 5.88 Å². The number of hydrogen-bond acceptors (Lipinski definition) is 6. The molecule has 1 rings (SSSR count). The number of hydrogen-bond donors (Lipinski definition) is 2. The topological polar surface area (TPSA) is 107 Å². The van der Waals surface area contributed by atoms with E-state index in [0.717, 1.165) is 12.8 Å². The monoisotopic (exact) mass is 269 g/mol. The van der Waals surface area contributed by atoms with Gasteiger partial charge in [-0.3, -0.25) is 4.79 Å². The molecule has 1 amide bonds. The van der Waals surface area contributed by atoms with Gasteiger partial charge in [-0.05, 0) is 20.3 Å². The van der Waals surface area contributed by atoms with Gasteiger partial charge in [0.15, 0.2) is 6.61 Å². The third kappa shape index (κ3) is 4.27. The number of carbonyl (C=O) groups is 2. The molecule has 106 valence electrons. The van der Waals surface area contributed by atoms with Crippen LogP contribution >= 0.6 is 0 Å². The predicted molar refractivity (Wildman–Crippen MR) is 68.4 cm³/mol. The summed E-state index contributed by atoms with van der Waals surface area (Å²) in [6, 6.07) is 0.0543. The lowest BCUT2D eigenvalue weighted by Gasteiger charge is -2.12. The average Bonchev–Trinajstić information content (AvgIpc) is 2.66. The van der Waals surface area contributed by atoms with E-state index in [4.69, 9.17) is 10.5 Å². The maximum Gasteiger partial charge on any atom is 0.346 e. The number of nitrogen functional groups attached to an aromatic ring is 1. The minimum absolute atomic E-state index is 0.0543. The lowest BCUT2D eigenvalue weighted by Crippen LogP contribution is -2.35. The van der Waals surface area contributed by atoms with E-state index in [1.807, 2.05) is 13.8 Å². The first-order valence-electron chi connectivity index (χ1n) is 6.13. The molecular weight excluding hydrogens is 250 g/mol. The number of nitrogens with zero attached hydrogens (tertiary/aromatic N) is 1. The summed E-state index contributed by atoms with van der Waals surface area (Å²) in [5, 5.41) is 6.26. The largest absolute Gasteiger partial charge is 0.452 e. The van der Waals surface area contributed by atoms with Crippen molar-refractivity contribution in [3.63, 3.8) is 0 Å². The van der Waals surface area contributed by atoms with Crippen molar-refractivity contribution in [1.82, 2.24) is 10.5 Å². The molecule has 7 heteroatoms. The molecule has 1 unspecified atom stereocenters. The van der Waals surface area contributed by atoms with Crippen LogP contribution in [0.25, 0.3) is 0 Å². The minimum Gasteiger partial charge on any atom is -0.452 e. The second-order valence-electron chi connectivity index (χ2n) is 4.34. The van der Waals surface area contributed by atoms with Crippen LogP contribution in [0.15, 0.2) is 4.52 Å². The third-order valence-corrected chi connectivity index (χ3v) is 2.56. The first-order valence-corrected chi connectivity index (χ1v) is 6.13. The zero-order chi connectivity index (χ0) is 14.4. The molecule has 1 aromatic heterocycles. The number of aryl methyl sites for hydroxylation is 1. The van der Waals surface area contributed by atoms with E-state index >= 15 is 0 Å². The zero-order valence-electron chi connectivity index (χ0n) is 11.4. The number of amides is 1. The van der Waals surface area contributed by atoms with E-state index in [0.29, 0.717) is 5.69 Å². The van der Waals surface area contributed by atoms with Gasteiger partial charge < -0.3 is 20.3 Å². The van der Waals surface area contributed by atoms with Crippen molar-refractivity contribution >= 4 is 17.8 Å². The number of nitrogens with two attached hydrogens (primary N) is 1. The summed E-state index contributed by atoms with van der Waals surface area (Å²) in [5.74, 6) is -1.17. The molecule has 0 fully saturated rings. The van der Waals surface area contributed by atoms with E-state index in [1.165, 1.54) is 0 Å². The highest BCUT2D eigenvalue weighted by Crippen LogP contribution is 2.16. The fourth-order valence-corrected chi connectivity index (χ4v) is 1.66. The number of nitrogens with one attached hydrogen (secondary N) is 1. The predicted octanol–water partition coefficient (Wildman–Crippen LogP) is 1.03. The van der Waals surface area contributed by atoms with Gasteiger partial charge in [0, 0.05) is 6.04 Å². The van der Waals surface area contributed by atoms with Crippen molar-refractivity contribution < 1.29 is 18.8 Å². The highest BCUT2D eigenvalue weighted by Gasteiger charge is 2.21. The van der Waals surface area contributed by atoms with Gasteiger partial charge in [0.1, 0.15) is 5.56 Å². The Kier molecular flexibility index (Phi) is 5.35. The Labute approximate surface area is 111 Å². The van der Waals surface area contributed by atoms with Crippen LogP contribution in [0, 0.1) is 6.92 Å². The number of carbonyl (C=O) groups excluding carboxylic acids is 2. The molecule has 1 heterocycles. The molecule has 0 aliphatic rings. The number of esters is 1. The van der Waals surface area contributed by atoms with E-state index in [1.54, 1.807) is 6.92 Å². The highest BCUT2D eigenvalue weighted by molar-refractivity contribution is 5.96. The van der Waals surface area contributed by atoms with Gasteiger partial charge in [-0.25, -0.2) is 4.79 Å². The van der Waals surface area contributed by atoms with Crippen LogP contribution in [0.3, 0.4) is 0 Å². The number of aromatic nitrogens is 1. The Morgan fingerprint density at radius 1 is 1.53 bits per heavy atom. The fraction of sp³-hybridized carbons (Fsp3) is 0.583. The molecule has 0 aliphatic heterocycles. The van der Waals surface area contributed by atoms with E-state index in [9.17, 15) is 9.59 Å². The zero-order valence-corrected chi connectivity index (χ0v) is 11.4. The van der Waals surface area contributed by atoms with E-state index in [-0.39, 0.29) is 30.0 Å². The van der Waals surface area contributed by atoms with Gasteiger partial charge in [-0.1, -0.05) is 18.5 Å². The van der Waals surface area contributed by atoms with Crippen molar-refractivity contribution in [2.24, 2.45) is 0 Å². The summed E-state index contributed by atoms with van der Waals surface area (Å²) in [6.07, 6.45) is 1.84. The summed E-state index contributed by atoms with van der Waals surface area (Å²) in [6.45, 7) is 5.14. The summed E-state index contributed by atoms with van der Waals surface area (Å²) >= 11 is 0. The van der Waals surface area contributed by atoms with Crippen LogP contribution in [0.4, 0.5) is 5.88 Å². The van der Waals surface area contributed by atoms with Crippen LogP contribution in [0.1, 0.15) is 42.7 Å². The van der Waals surface area contributed by atoms with Crippen molar-refractivity contribution in [3.8, 4) is 0 Å². The maximum absolute atomic E-state index is 11.7. The second-order valence-corrected chi connectivity index (χ2v) is 4.34. The quantitative estimate of drug-likeness (QED) is 0.747. The number of anilines is 1. The van der Waals surface area contributed by atoms with Crippen LogP contribution in [-0.4, -0.2) is 29.7 Å². The van der Waals surface area contributed by atoms with E-state index < -0.39 is 5.97 Å². The van der Waals surface area contributed by atoms with E-state index in [2.05, 4.69) is 15.0 Å². The summed E-state index contributed by atoms with van der Waals surface area (Å²) < 4.78 is 9.50. The van der Waals surface area contributed by atoms with Crippen molar-refractivity contribution in [1.29, 1.82) is 0 Å². The molecule has 7 nitrogen and oxygen atoms in total. The fourth-order valence-electron chi connectivity index (χ4n) is 1.66. The van der Waals surface area contributed by atoms with Gasteiger partial charge in [0.05, 0.1) is 5.69 Å². The number of rotatable bonds is 6. The Morgan fingerprint density at radius 2 is 2.21 bits per heavy atom. The molecule has 0 radical (unpaired) electrons. The second kappa shape index (κ2) is 6.77. The smallest absolute Gasteiger partial charge is 0.346 e. The molecule has 3 N–H and O–H groups in total. The Balaban J connectivity index is 2.45. The van der Waals surface area contributed by atoms with Gasteiger partial charge >= 0.3 is 5.97 Å². The molecule has 1 atom stereocenters. The van der Waals surface area contributed by atoms with Crippen LogP contribution < -0.4 is 11.1 Å². The minimum atomic E-state index is -0.713. The van der Waals surface area contributed by atoms with Crippen molar-refractivity contribution in [2.75, 3.05) is 12.3 Å². The van der Waals surface area contributed by atoms with Crippen molar-refractivity contribution in [2.45, 2.75) is 39.7 Å². The molecular formula is C12H19N3O4. The van der Waals surface area contributed by atoms with Crippen LogP contribution in [0.2, 0.25) is 0 Å². The molecule has 0 saturated carbocycles. The number of ether oxygens (including phenoxy) is 1. The van der Waals surface area contributed by atoms with Crippen LogP contribution in [-0.2, 0) is 9.53 Å². The lowest BCUT2D eigenvalue weighted by molar-refractivity contribution is -0.124. The molecule has 0 bridgehead atoms. The van der Waals surface area contributed by atoms with Gasteiger partial charge in [0.25, 0.3) is 5.91 Å². The van der Waals surface area contributed by atoms with Gasteiger partial charge in [-0.15, -0.1) is 0 Å². The third-order valence-electron chi connectivity index (χ3n) is 2.56.